The third-order valence-electron chi connectivity index (χ3n) is 3.06. The lowest BCUT2D eigenvalue weighted by Gasteiger charge is -2.11. The van der Waals surface area contributed by atoms with Crippen molar-refractivity contribution >= 4 is 21.6 Å². The SMILES string of the molecule is CC(CNCc1cncc2ccccc12)S(C)=O. The summed E-state index contributed by atoms with van der Waals surface area (Å²) in [5, 5.41) is 5.90. The summed E-state index contributed by atoms with van der Waals surface area (Å²) in [6.07, 6.45) is 5.51. The molecule has 1 heterocycles. The zero-order valence-corrected chi connectivity index (χ0v) is 11.5. The Morgan fingerprint density at radius 3 is 2.89 bits per heavy atom. The van der Waals surface area contributed by atoms with Gasteiger partial charge in [0, 0.05) is 53.2 Å². The Kier molecular flexibility index (Phi) is 4.44. The van der Waals surface area contributed by atoms with Gasteiger partial charge in [0.25, 0.3) is 0 Å². The first-order valence-corrected chi connectivity index (χ1v) is 7.65. The van der Waals surface area contributed by atoms with Crippen LogP contribution in [0.3, 0.4) is 0 Å². The van der Waals surface area contributed by atoms with Crippen molar-refractivity contribution < 1.29 is 4.21 Å². The molecule has 18 heavy (non-hydrogen) atoms. The summed E-state index contributed by atoms with van der Waals surface area (Å²) in [4.78, 5) is 4.25. The predicted molar refractivity (Wildman–Crippen MR) is 77.0 cm³/mol. The number of rotatable bonds is 5. The number of pyridine rings is 1. The van der Waals surface area contributed by atoms with E-state index in [0.29, 0.717) is 0 Å². The van der Waals surface area contributed by atoms with Crippen LogP contribution in [0.15, 0.2) is 36.7 Å². The van der Waals surface area contributed by atoms with Crippen LogP contribution in [0.5, 0.6) is 0 Å². The number of hydrogen-bond acceptors (Lipinski definition) is 3. The largest absolute Gasteiger partial charge is 0.311 e. The average Bonchev–Trinajstić information content (AvgIpc) is 2.38. The molecule has 96 valence electrons. The first-order chi connectivity index (χ1) is 8.68. The van der Waals surface area contributed by atoms with E-state index < -0.39 is 10.8 Å². The van der Waals surface area contributed by atoms with Crippen LogP contribution in [0, 0.1) is 0 Å². The maximum absolute atomic E-state index is 11.3. The van der Waals surface area contributed by atoms with Crippen LogP contribution in [0.2, 0.25) is 0 Å². The van der Waals surface area contributed by atoms with Gasteiger partial charge in [0.15, 0.2) is 0 Å². The predicted octanol–water partition coefficient (Wildman–Crippen LogP) is 2.09. The second-order valence-corrected chi connectivity index (χ2v) is 6.26. The zero-order valence-electron chi connectivity index (χ0n) is 10.7. The molecule has 0 radical (unpaired) electrons. The van der Waals surface area contributed by atoms with Gasteiger partial charge in [-0.3, -0.25) is 9.19 Å². The molecular formula is C14H18N2OS. The van der Waals surface area contributed by atoms with Crippen LogP contribution in [-0.2, 0) is 17.3 Å². The van der Waals surface area contributed by atoms with E-state index in [-0.39, 0.29) is 5.25 Å². The van der Waals surface area contributed by atoms with E-state index in [1.165, 1.54) is 10.9 Å². The molecule has 4 heteroatoms. The number of benzene rings is 1. The Bertz CT molecular complexity index is 551. The van der Waals surface area contributed by atoms with Gasteiger partial charge in [-0.05, 0) is 17.9 Å². The van der Waals surface area contributed by atoms with Gasteiger partial charge in [-0.25, -0.2) is 0 Å². The molecule has 1 N–H and O–H groups in total. The van der Waals surface area contributed by atoms with Gasteiger partial charge in [0.05, 0.1) is 0 Å². The Balaban J connectivity index is 2.06. The lowest BCUT2D eigenvalue weighted by atomic mass is 10.1. The summed E-state index contributed by atoms with van der Waals surface area (Å²) in [6.45, 7) is 3.51. The average molecular weight is 262 g/mol. The van der Waals surface area contributed by atoms with Gasteiger partial charge in [-0.1, -0.05) is 24.3 Å². The summed E-state index contributed by atoms with van der Waals surface area (Å²) in [5.74, 6) is 0. The Morgan fingerprint density at radius 2 is 2.11 bits per heavy atom. The van der Waals surface area contributed by atoms with Crippen molar-refractivity contribution in [1.29, 1.82) is 0 Å². The van der Waals surface area contributed by atoms with Crippen molar-refractivity contribution in [2.75, 3.05) is 12.8 Å². The fraction of sp³-hybridized carbons (Fsp3) is 0.357. The van der Waals surface area contributed by atoms with E-state index in [1.54, 1.807) is 6.26 Å². The minimum absolute atomic E-state index is 0.174. The Hall–Kier alpha value is -1.26. The molecule has 1 aromatic carbocycles. The van der Waals surface area contributed by atoms with Gasteiger partial charge in [-0.15, -0.1) is 0 Å². The Labute approximate surface area is 110 Å². The third-order valence-corrected chi connectivity index (χ3v) is 4.36. The van der Waals surface area contributed by atoms with Crippen molar-refractivity contribution in [3.63, 3.8) is 0 Å². The smallest absolute Gasteiger partial charge is 0.0441 e. The maximum Gasteiger partial charge on any atom is 0.0441 e. The van der Waals surface area contributed by atoms with Crippen molar-refractivity contribution in [3.8, 4) is 0 Å². The minimum Gasteiger partial charge on any atom is -0.311 e. The van der Waals surface area contributed by atoms with E-state index >= 15 is 0 Å². The van der Waals surface area contributed by atoms with Gasteiger partial charge in [-0.2, -0.15) is 0 Å². The highest BCUT2D eigenvalue weighted by Gasteiger charge is 2.06. The third kappa shape index (κ3) is 3.15. The second-order valence-electron chi connectivity index (χ2n) is 4.46. The Morgan fingerprint density at radius 1 is 1.33 bits per heavy atom. The number of hydrogen-bond donors (Lipinski definition) is 1. The standard InChI is InChI=1S/C14H18N2OS/c1-11(18(2)17)7-15-9-13-10-16-8-12-5-3-4-6-14(12)13/h3-6,8,10-11,15H,7,9H2,1-2H3. The monoisotopic (exact) mass is 262 g/mol. The maximum atomic E-state index is 11.3. The van der Waals surface area contributed by atoms with Crippen LogP contribution in [0.25, 0.3) is 10.8 Å². The fourth-order valence-corrected chi connectivity index (χ4v) is 2.20. The lowest BCUT2D eigenvalue weighted by Crippen LogP contribution is -2.27. The van der Waals surface area contributed by atoms with Crippen molar-refractivity contribution in [2.24, 2.45) is 0 Å². The van der Waals surface area contributed by atoms with E-state index in [1.807, 2.05) is 31.5 Å². The van der Waals surface area contributed by atoms with Crippen LogP contribution in [0.4, 0.5) is 0 Å². The molecule has 2 rings (SSSR count). The van der Waals surface area contributed by atoms with E-state index in [4.69, 9.17) is 0 Å². The molecule has 0 saturated carbocycles. The summed E-state index contributed by atoms with van der Waals surface area (Å²) < 4.78 is 11.3. The van der Waals surface area contributed by atoms with Gasteiger partial charge >= 0.3 is 0 Å². The molecule has 0 aliphatic rings. The first-order valence-electron chi connectivity index (χ1n) is 6.03. The van der Waals surface area contributed by atoms with Crippen LogP contribution < -0.4 is 5.32 Å². The molecule has 0 saturated heterocycles. The zero-order chi connectivity index (χ0) is 13.0. The molecule has 0 bridgehead atoms. The molecule has 2 unspecified atom stereocenters. The molecule has 0 amide bonds. The lowest BCUT2D eigenvalue weighted by molar-refractivity contribution is 0.648. The van der Waals surface area contributed by atoms with Gasteiger partial charge in [0.2, 0.25) is 0 Å². The first kappa shape index (κ1) is 13.2. The molecule has 0 spiro atoms. The molecule has 1 aromatic heterocycles. The normalized spacial score (nSPS) is 14.6. The number of fused-ring (bicyclic) bond motifs is 1. The molecule has 0 fully saturated rings. The molecule has 0 aliphatic carbocycles. The van der Waals surface area contributed by atoms with Crippen molar-refractivity contribution in [2.45, 2.75) is 18.7 Å². The summed E-state index contributed by atoms with van der Waals surface area (Å²) in [6, 6.07) is 8.23. The van der Waals surface area contributed by atoms with Crippen LogP contribution in [0.1, 0.15) is 12.5 Å². The second kappa shape index (κ2) is 6.07. The van der Waals surface area contributed by atoms with Gasteiger partial charge < -0.3 is 5.32 Å². The molecule has 2 aromatic rings. The minimum atomic E-state index is -0.773. The molecular weight excluding hydrogens is 244 g/mol. The van der Waals surface area contributed by atoms with Crippen LogP contribution >= 0.6 is 0 Å². The van der Waals surface area contributed by atoms with E-state index in [2.05, 4.69) is 22.4 Å². The fourth-order valence-electron chi connectivity index (χ4n) is 1.85. The number of nitrogens with one attached hydrogen (secondary N) is 1. The topological polar surface area (TPSA) is 42.0 Å². The molecule has 2 atom stereocenters. The van der Waals surface area contributed by atoms with Crippen LogP contribution in [-0.4, -0.2) is 27.2 Å². The van der Waals surface area contributed by atoms with E-state index in [9.17, 15) is 4.21 Å². The summed E-state index contributed by atoms with van der Waals surface area (Å²) >= 11 is 0. The summed E-state index contributed by atoms with van der Waals surface area (Å²) in [5.41, 5.74) is 1.18. The van der Waals surface area contributed by atoms with Gasteiger partial charge in [0.1, 0.15) is 0 Å². The highest BCUT2D eigenvalue weighted by Crippen LogP contribution is 2.16. The molecule has 0 aliphatic heterocycles. The number of aromatic nitrogens is 1. The highest BCUT2D eigenvalue weighted by molar-refractivity contribution is 7.84. The summed E-state index contributed by atoms with van der Waals surface area (Å²) in [7, 11) is -0.773. The highest BCUT2D eigenvalue weighted by atomic mass is 32.2. The number of nitrogens with zero attached hydrogens (tertiary/aromatic N) is 1. The quantitative estimate of drug-likeness (QED) is 0.897. The van der Waals surface area contributed by atoms with Crippen molar-refractivity contribution in [1.82, 2.24) is 10.3 Å². The van der Waals surface area contributed by atoms with Crippen molar-refractivity contribution in [3.05, 3.63) is 42.2 Å². The van der Waals surface area contributed by atoms with E-state index in [0.717, 1.165) is 18.5 Å². The molecule has 3 nitrogen and oxygen atoms in total.